The van der Waals surface area contributed by atoms with E-state index in [1.54, 1.807) is 6.92 Å². The van der Waals surface area contributed by atoms with Gasteiger partial charge in [0.05, 0.1) is 12.7 Å². The van der Waals surface area contributed by atoms with E-state index in [9.17, 15) is 24.8 Å². The lowest BCUT2D eigenvalue weighted by molar-refractivity contribution is -0.757. The molecule has 1 aliphatic carbocycles. The van der Waals surface area contributed by atoms with E-state index in [2.05, 4.69) is 43.0 Å². The van der Waals surface area contributed by atoms with Crippen LogP contribution in [0.1, 0.15) is 90.5 Å². The van der Waals surface area contributed by atoms with Crippen molar-refractivity contribution in [2.75, 3.05) is 6.61 Å². The molecule has 1 unspecified atom stereocenters. The van der Waals surface area contributed by atoms with Gasteiger partial charge in [-0.1, -0.05) is 67.5 Å². The lowest BCUT2D eigenvalue weighted by Gasteiger charge is -2.23. The van der Waals surface area contributed by atoms with Crippen LogP contribution in [0, 0.1) is 27.9 Å². The van der Waals surface area contributed by atoms with Crippen molar-refractivity contribution >= 4 is 11.8 Å². The van der Waals surface area contributed by atoms with Gasteiger partial charge in [-0.15, -0.1) is 10.1 Å². The molecule has 8 nitrogen and oxygen atoms in total. The van der Waals surface area contributed by atoms with E-state index < -0.39 is 11.2 Å². The van der Waals surface area contributed by atoms with E-state index in [0.29, 0.717) is 38.0 Å². The van der Waals surface area contributed by atoms with E-state index >= 15 is 0 Å². The molecule has 0 radical (unpaired) electrons. The number of nitrogens with zero attached hydrogens (tertiary/aromatic N) is 1. The molecule has 1 aliphatic rings. The number of rotatable bonds is 19. The number of aliphatic hydroxyl groups is 1. The summed E-state index contributed by atoms with van der Waals surface area (Å²) in [6.45, 7) is 5.95. The maximum absolute atomic E-state index is 12.7. The summed E-state index contributed by atoms with van der Waals surface area (Å²) < 4.78 is 5.96. The summed E-state index contributed by atoms with van der Waals surface area (Å²) in [6.07, 6.45) is 12.7. The molecule has 1 aromatic carbocycles. The molecule has 1 aromatic rings. The zero-order chi connectivity index (χ0) is 29.3. The summed E-state index contributed by atoms with van der Waals surface area (Å²) in [4.78, 5) is 38.5. The number of esters is 1. The highest BCUT2D eigenvalue weighted by molar-refractivity contribution is 5.75. The van der Waals surface area contributed by atoms with Gasteiger partial charge in [0, 0.05) is 18.8 Å². The molecule has 1 N–H and O–H groups in total. The van der Waals surface area contributed by atoms with Crippen LogP contribution in [0.3, 0.4) is 0 Å². The molecular weight excluding hydrogens is 510 g/mol. The van der Waals surface area contributed by atoms with Gasteiger partial charge in [0.15, 0.2) is 0 Å². The summed E-state index contributed by atoms with van der Waals surface area (Å²) in [7, 11) is 0. The summed E-state index contributed by atoms with van der Waals surface area (Å²) in [6, 6.07) is 10.1. The molecule has 1 saturated carbocycles. The van der Waals surface area contributed by atoms with Crippen LogP contribution in [0.5, 0.6) is 0 Å². The Morgan fingerprint density at radius 2 is 1.85 bits per heavy atom. The van der Waals surface area contributed by atoms with Gasteiger partial charge in [0.1, 0.15) is 11.9 Å². The summed E-state index contributed by atoms with van der Waals surface area (Å²) in [5.41, 5.74) is 2.45. The van der Waals surface area contributed by atoms with Crippen molar-refractivity contribution in [3.63, 3.8) is 0 Å². The number of aliphatic hydroxyl groups excluding tert-OH is 1. The number of ether oxygens (including phenoxy) is 1. The minimum absolute atomic E-state index is 0.0000799. The Kier molecular flexibility index (Phi) is 15.2. The SMILES string of the molecule is CC(=O)CCC/C(C)=C\C[C@H]1C(C)C[C@@H](OC(=O)CCCCCO[N+](=O)[O-])[C@@H]1/C=C/[C@@H](O)CCc1ccccc1. The second kappa shape index (κ2) is 18.4. The standard InChI is InChI=1S/C32H47NO7/c1-24(11-10-12-26(3)34)16-20-29-25(2)23-31(40-32(36)15-8-5-9-22-39-33(37)38)30(29)21-19-28(35)18-17-27-13-6-4-7-14-27/h4,6-7,13-14,16,19,21,25,28-31,35H,5,8-12,15,17-18,20,22-23H2,1-3H3/b21-19+,24-16-/t25?,28-,29-,30+,31+/m0/s1. The van der Waals surface area contributed by atoms with Crippen molar-refractivity contribution in [3.8, 4) is 0 Å². The third-order valence-corrected chi connectivity index (χ3v) is 7.73. The highest BCUT2D eigenvalue weighted by Gasteiger charge is 2.41. The van der Waals surface area contributed by atoms with Crippen molar-refractivity contribution in [1.29, 1.82) is 0 Å². The molecule has 0 aliphatic heterocycles. The number of hydrogen-bond acceptors (Lipinski definition) is 7. The number of hydrogen-bond donors (Lipinski definition) is 1. The van der Waals surface area contributed by atoms with Crippen LogP contribution in [0.25, 0.3) is 0 Å². The normalized spacial score (nSPS) is 21.9. The monoisotopic (exact) mass is 557 g/mol. The van der Waals surface area contributed by atoms with Crippen LogP contribution in [0.15, 0.2) is 54.1 Å². The lowest BCUT2D eigenvalue weighted by atomic mass is 9.85. The molecule has 2 rings (SSSR count). The number of benzene rings is 1. The lowest BCUT2D eigenvalue weighted by Crippen LogP contribution is -2.24. The number of carbonyl (C=O) groups excluding carboxylic acids is 2. The number of aryl methyl sites for hydroxylation is 1. The van der Waals surface area contributed by atoms with E-state index in [0.717, 1.165) is 32.1 Å². The molecule has 0 saturated heterocycles. The van der Waals surface area contributed by atoms with Crippen molar-refractivity contribution in [2.45, 2.75) is 104 Å². The highest BCUT2D eigenvalue weighted by Crippen LogP contribution is 2.42. The van der Waals surface area contributed by atoms with Crippen molar-refractivity contribution in [3.05, 3.63) is 69.8 Å². The second-order valence-electron chi connectivity index (χ2n) is 11.2. The van der Waals surface area contributed by atoms with Gasteiger partial charge in [-0.2, -0.15) is 0 Å². The minimum Gasteiger partial charge on any atom is -0.462 e. The van der Waals surface area contributed by atoms with E-state index in [-0.39, 0.29) is 42.7 Å². The van der Waals surface area contributed by atoms with E-state index in [1.807, 2.05) is 24.3 Å². The van der Waals surface area contributed by atoms with E-state index in [1.165, 1.54) is 11.1 Å². The van der Waals surface area contributed by atoms with Gasteiger partial charge >= 0.3 is 5.97 Å². The first-order valence-electron chi connectivity index (χ1n) is 14.7. The fourth-order valence-electron chi connectivity index (χ4n) is 5.42. The smallest absolute Gasteiger partial charge is 0.306 e. The average Bonchev–Trinajstić information content (AvgIpc) is 3.20. The van der Waals surface area contributed by atoms with Crippen LogP contribution in [0.2, 0.25) is 0 Å². The fraction of sp³-hybridized carbons (Fsp3) is 0.625. The van der Waals surface area contributed by atoms with Gasteiger partial charge in [-0.3, -0.25) is 4.79 Å². The highest BCUT2D eigenvalue weighted by atomic mass is 16.9. The minimum atomic E-state index is -0.805. The number of ketones is 1. The topological polar surface area (TPSA) is 116 Å². The molecule has 5 atom stereocenters. The molecule has 0 spiro atoms. The van der Waals surface area contributed by atoms with Gasteiger partial charge in [-0.25, -0.2) is 0 Å². The number of carbonyl (C=O) groups is 2. The molecular formula is C32H47NO7. The third-order valence-electron chi connectivity index (χ3n) is 7.73. The zero-order valence-corrected chi connectivity index (χ0v) is 24.3. The Labute approximate surface area is 238 Å². The first-order valence-corrected chi connectivity index (χ1v) is 14.7. The van der Waals surface area contributed by atoms with Crippen LogP contribution in [0.4, 0.5) is 0 Å². The predicted octanol–water partition coefficient (Wildman–Crippen LogP) is 6.58. The molecule has 222 valence electrons. The molecule has 0 aromatic heterocycles. The largest absolute Gasteiger partial charge is 0.462 e. The number of unbranched alkanes of at least 4 members (excludes halogenated alkanes) is 2. The van der Waals surface area contributed by atoms with Crippen LogP contribution < -0.4 is 0 Å². The molecule has 8 heteroatoms. The van der Waals surface area contributed by atoms with Gasteiger partial charge in [0.25, 0.3) is 5.09 Å². The van der Waals surface area contributed by atoms with Crippen molar-refractivity contribution in [2.24, 2.45) is 17.8 Å². The Hall–Kier alpha value is -3.00. The average molecular weight is 558 g/mol. The molecule has 0 heterocycles. The Morgan fingerprint density at radius 1 is 1.10 bits per heavy atom. The van der Waals surface area contributed by atoms with Crippen LogP contribution in [-0.4, -0.2) is 40.8 Å². The van der Waals surface area contributed by atoms with E-state index in [4.69, 9.17) is 4.74 Å². The molecule has 1 fully saturated rings. The van der Waals surface area contributed by atoms with Crippen LogP contribution in [-0.2, 0) is 25.6 Å². The first-order chi connectivity index (χ1) is 19.2. The Morgan fingerprint density at radius 3 is 2.55 bits per heavy atom. The summed E-state index contributed by atoms with van der Waals surface area (Å²) in [5, 5.41) is 20.1. The Balaban J connectivity index is 1.99. The number of allylic oxidation sites excluding steroid dienone is 2. The van der Waals surface area contributed by atoms with Crippen molar-refractivity contribution in [1.82, 2.24) is 0 Å². The van der Waals surface area contributed by atoms with Gasteiger partial charge < -0.3 is 19.5 Å². The fourth-order valence-corrected chi connectivity index (χ4v) is 5.42. The maximum atomic E-state index is 12.7. The quantitative estimate of drug-likeness (QED) is 0.0671. The summed E-state index contributed by atoms with van der Waals surface area (Å²) in [5.74, 6) is 0.571. The maximum Gasteiger partial charge on any atom is 0.306 e. The number of Topliss-reactive ketones (excluding diaryl/α,β-unsaturated/α-hetero) is 1. The second-order valence-corrected chi connectivity index (χ2v) is 11.2. The Bertz CT molecular complexity index is 975. The first kappa shape index (κ1) is 33.2. The van der Waals surface area contributed by atoms with Crippen LogP contribution >= 0.6 is 0 Å². The summed E-state index contributed by atoms with van der Waals surface area (Å²) >= 11 is 0. The van der Waals surface area contributed by atoms with Gasteiger partial charge in [0.2, 0.25) is 0 Å². The molecule has 40 heavy (non-hydrogen) atoms. The molecule has 0 amide bonds. The third kappa shape index (κ3) is 13.4. The van der Waals surface area contributed by atoms with Gasteiger partial charge in [-0.05, 0) is 82.6 Å². The molecule has 0 bridgehead atoms. The van der Waals surface area contributed by atoms with Crippen molar-refractivity contribution < 1.29 is 29.4 Å². The zero-order valence-electron chi connectivity index (χ0n) is 24.3. The predicted molar refractivity (Wildman–Crippen MR) is 155 cm³/mol.